The second-order valence-corrected chi connectivity index (χ2v) is 6.17. The lowest BCUT2D eigenvalue weighted by Gasteiger charge is -2.25. The van der Waals surface area contributed by atoms with Crippen molar-refractivity contribution in [2.75, 3.05) is 0 Å². The van der Waals surface area contributed by atoms with Crippen LogP contribution in [0.25, 0.3) is 0 Å². The van der Waals surface area contributed by atoms with Gasteiger partial charge in [-0.25, -0.2) is 4.79 Å². The van der Waals surface area contributed by atoms with Crippen molar-refractivity contribution in [3.63, 3.8) is 0 Å². The number of terminal acetylenes is 1. The molecule has 0 saturated heterocycles. The van der Waals surface area contributed by atoms with E-state index >= 15 is 0 Å². The predicted molar refractivity (Wildman–Crippen MR) is 90.2 cm³/mol. The topological polar surface area (TPSA) is 131 Å². The summed E-state index contributed by atoms with van der Waals surface area (Å²) in [6.45, 7) is 4.89. The lowest BCUT2D eigenvalue weighted by Crippen LogP contribution is -2.58. The first-order valence-electron chi connectivity index (χ1n) is 7.38. The number of aliphatic hydroxyl groups is 1. The van der Waals surface area contributed by atoms with E-state index in [0.717, 1.165) is 0 Å². The Hall–Kier alpha value is -3.05. The number of alkyl carbamates (subject to hydrolysis) is 1. The van der Waals surface area contributed by atoms with Gasteiger partial charge in [-0.15, -0.1) is 6.42 Å². The van der Waals surface area contributed by atoms with Crippen LogP contribution in [0.15, 0.2) is 24.3 Å². The first kappa shape index (κ1) is 20.0. The standard InChI is InChI=1S/C17H21N3O5/c1-5-10-6-8-11(9-7-10)14(22)20-15(23)12(13(18)21)19-16(24)25-17(2,3)4/h1,6-9,12,15,23H,2-4H3,(H2,18,21)(H,19,24)(H,20,22). The van der Waals surface area contributed by atoms with Crippen molar-refractivity contribution in [1.82, 2.24) is 10.6 Å². The number of primary amides is 1. The summed E-state index contributed by atoms with van der Waals surface area (Å²) in [5, 5.41) is 14.3. The van der Waals surface area contributed by atoms with Crippen LogP contribution in [-0.4, -0.2) is 40.9 Å². The molecule has 5 N–H and O–H groups in total. The summed E-state index contributed by atoms with van der Waals surface area (Å²) in [4.78, 5) is 35.3. The first-order valence-corrected chi connectivity index (χ1v) is 7.38. The molecular formula is C17H21N3O5. The zero-order valence-corrected chi connectivity index (χ0v) is 14.2. The van der Waals surface area contributed by atoms with Crippen molar-refractivity contribution >= 4 is 17.9 Å². The molecule has 1 rings (SSSR count). The third-order valence-corrected chi connectivity index (χ3v) is 2.89. The van der Waals surface area contributed by atoms with Crippen LogP contribution in [0.5, 0.6) is 0 Å². The minimum absolute atomic E-state index is 0.207. The second kappa shape index (κ2) is 8.17. The van der Waals surface area contributed by atoms with E-state index in [1.165, 1.54) is 12.1 Å². The number of carbonyl (C=O) groups excluding carboxylic acids is 3. The Balaban J connectivity index is 2.77. The van der Waals surface area contributed by atoms with Crippen molar-refractivity contribution in [1.29, 1.82) is 0 Å². The molecule has 0 aliphatic rings. The molecule has 25 heavy (non-hydrogen) atoms. The molecule has 2 atom stereocenters. The lowest BCUT2D eigenvalue weighted by molar-refractivity contribution is -0.123. The monoisotopic (exact) mass is 347 g/mol. The van der Waals surface area contributed by atoms with Crippen molar-refractivity contribution in [3.8, 4) is 12.3 Å². The molecule has 0 spiro atoms. The largest absolute Gasteiger partial charge is 0.444 e. The highest BCUT2D eigenvalue weighted by atomic mass is 16.6. The van der Waals surface area contributed by atoms with E-state index in [2.05, 4.69) is 16.6 Å². The number of amides is 3. The molecule has 0 aliphatic carbocycles. The number of rotatable bonds is 5. The fraction of sp³-hybridized carbons (Fsp3) is 0.353. The Morgan fingerprint density at radius 2 is 1.76 bits per heavy atom. The Morgan fingerprint density at radius 1 is 1.20 bits per heavy atom. The molecule has 0 aliphatic heterocycles. The van der Waals surface area contributed by atoms with Crippen LogP contribution < -0.4 is 16.4 Å². The van der Waals surface area contributed by atoms with Gasteiger partial charge in [0.25, 0.3) is 5.91 Å². The van der Waals surface area contributed by atoms with E-state index in [1.54, 1.807) is 32.9 Å². The van der Waals surface area contributed by atoms with Crippen LogP contribution in [0.1, 0.15) is 36.7 Å². The maximum absolute atomic E-state index is 12.1. The molecule has 0 bridgehead atoms. The summed E-state index contributed by atoms with van der Waals surface area (Å²) in [5.41, 5.74) is 5.14. The molecule has 1 aromatic carbocycles. The number of aliphatic hydroxyl groups excluding tert-OH is 1. The lowest BCUT2D eigenvalue weighted by atomic mass is 10.1. The van der Waals surface area contributed by atoms with Gasteiger partial charge in [0.1, 0.15) is 5.60 Å². The predicted octanol–water partition coefficient (Wildman–Crippen LogP) is 0.0947. The Labute approximate surface area is 145 Å². The Bertz CT molecular complexity index is 686. The van der Waals surface area contributed by atoms with Gasteiger partial charge in [0.05, 0.1) is 0 Å². The van der Waals surface area contributed by atoms with Gasteiger partial charge >= 0.3 is 6.09 Å². The fourth-order valence-electron chi connectivity index (χ4n) is 1.76. The second-order valence-electron chi connectivity index (χ2n) is 6.17. The van der Waals surface area contributed by atoms with Crippen LogP contribution in [0.2, 0.25) is 0 Å². The highest BCUT2D eigenvalue weighted by Gasteiger charge is 2.30. The smallest absolute Gasteiger partial charge is 0.408 e. The summed E-state index contributed by atoms with van der Waals surface area (Å²) in [7, 11) is 0. The summed E-state index contributed by atoms with van der Waals surface area (Å²) in [5.74, 6) is 0.690. The van der Waals surface area contributed by atoms with E-state index in [1.807, 2.05) is 0 Å². The van der Waals surface area contributed by atoms with E-state index in [-0.39, 0.29) is 5.56 Å². The quantitative estimate of drug-likeness (QED) is 0.443. The minimum atomic E-state index is -1.75. The maximum Gasteiger partial charge on any atom is 0.408 e. The number of hydrogen-bond acceptors (Lipinski definition) is 5. The van der Waals surface area contributed by atoms with Gasteiger partial charge in [-0.2, -0.15) is 0 Å². The normalized spacial score (nSPS) is 13.1. The molecule has 1 aromatic rings. The van der Waals surface area contributed by atoms with Gasteiger partial charge in [-0.3, -0.25) is 9.59 Å². The van der Waals surface area contributed by atoms with Gasteiger partial charge in [0, 0.05) is 11.1 Å². The van der Waals surface area contributed by atoms with Gasteiger partial charge in [0.2, 0.25) is 5.91 Å². The third kappa shape index (κ3) is 6.53. The van der Waals surface area contributed by atoms with Crippen molar-refractivity contribution in [3.05, 3.63) is 35.4 Å². The molecule has 0 saturated carbocycles. The molecule has 2 unspecified atom stereocenters. The van der Waals surface area contributed by atoms with Crippen molar-refractivity contribution in [2.45, 2.75) is 38.6 Å². The van der Waals surface area contributed by atoms with E-state index in [4.69, 9.17) is 16.9 Å². The first-order chi connectivity index (χ1) is 11.5. The molecule has 8 heteroatoms. The molecule has 0 fully saturated rings. The number of nitrogens with two attached hydrogens (primary N) is 1. The summed E-state index contributed by atoms with van der Waals surface area (Å²) in [6, 6.07) is 4.44. The number of carbonyl (C=O) groups is 3. The van der Waals surface area contributed by atoms with Gasteiger partial charge in [-0.1, -0.05) is 5.92 Å². The summed E-state index contributed by atoms with van der Waals surface area (Å²) < 4.78 is 4.98. The number of hydrogen-bond donors (Lipinski definition) is 4. The average Bonchev–Trinajstić information content (AvgIpc) is 2.50. The molecule has 0 aromatic heterocycles. The number of benzene rings is 1. The van der Waals surface area contributed by atoms with Crippen LogP contribution in [0.3, 0.4) is 0 Å². The maximum atomic E-state index is 12.1. The minimum Gasteiger partial charge on any atom is -0.444 e. The Morgan fingerprint density at radius 3 is 2.20 bits per heavy atom. The zero-order valence-electron chi connectivity index (χ0n) is 14.2. The van der Waals surface area contributed by atoms with Gasteiger partial charge in [-0.05, 0) is 45.0 Å². The van der Waals surface area contributed by atoms with Crippen LogP contribution in [0.4, 0.5) is 4.79 Å². The summed E-state index contributed by atoms with van der Waals surface area (Å²) in [6.07, 6.45) is 2.52. The SMILES string of the molecule is C#Cc1ccc(C(=O)NC(O)C(NC(=O)OC(C)(C)C)C(N)=O)cc1. The number of nitrogens with one attached hydrogen (secondary N) is 2. The molecule has 0 radical (unpaired) electrons. The van der Waals surface area contributed by atoms with E-state index in [9.17, 15) is 19.5 Å². The van der Waals surface area contributed by atoms with Crippen LogP contribution >= 0.6 is 0 Å². The molecule has 8 nitrogen and oxygen atoms in total. The average molecular weight is 347 g/mol. The van der Waals surface area contributed by atoms with Gasteiger partial charge in [0.15, 0.2) is 12.3 Å². The highest BCUT2D eigenvalue weighted by molar-refractivity contribution is 5.95. The zero-order chi connectivity index (χ0) is 19.2. The number of ether oxygens (including phenoxy) is 1. The molecular weight excluding hydrogens is 326 g/mol. The highest BCUT2D eigenvalue weighted by Crippen LogP contribution is 2.08. The van der Waals surface area contributed by atoms with Crippen LogP contribution in [-0.2, 0) is 9.53 Å². The summed E-state index contributed by atoms with van der Waals surface area (Å²) >= 11 is 0. The molecule has 134 valence electrons. The van der Waals surface area contributed by atoms with Gasteiger partial charge < -0.3 is 26.2 Å². The van der Waals surface area contributed by atoms with E-state index < -0.39 is 35.8 Å². The van der Waals surface area contributed by atoms with Crippen molar-refractivity contribution in [2.24, 2.45) is 5.73 Å². The third-order valence-electron chi connectivity index (χ3n) is 2.89. The molecule has 0 heterocycles. The van der Waals surface area contributed by atoms with E-state index in [0.29, 0.717) is 5.56 Å². The van der Waals surface area contributed by atoms with Crippen LogP contribution in [0, 0.1) is 12.3 Å². The fourth-order valence-corrected chi connectivity index (χ4v) is 1.76. The van der Waals surface area contributed by atoms with Crippen molar-refractivity contribution < 1.29 is 24.2 Å². The Kier molecular flexibility index (Phi) is 6.53. The molecule has 3 amide bonds.